The minimum Gasteiger partial charge on any atom is -0.346 e. The maximum absolute atomic E-state index is 11.9. The van der Waals surface area contributed by atoms with Gasteiger partial charge < -0.3 is 9.47 Å². The Morgan fingerprint density at radius 1 is 1.33 bits per heavy atom. The molecule has 1 aliphatic rings. The van der Waals surface area contributed by atoms with E-state index >= 15 is 0 Å². The molecule has 0 radical (unpaired) electrons. The highest BCUT2D eigenvalue weighted by atomic mass is 16.1. The van der Waals surface area contributed by atoms with Gasteiger partial charge in [-0.2, -0.15) is 0 Å². The molecule has 0 atom stereocenters. The molecule has 0 bridgehead atoms. The lowest BCUT2D eigenvalue weighted by atomic mass is 9.96. The van der Waals surface area contributed by atoms with Gasteiger partial charge in [0, 0.05) is 35.5 Å². The van der Waals surface area contributed by atoms with Crippen molar-refractivity contribution in [1.82, 2.24) is 9.47 Å². The molecule has 0 aliphatic heterocycles. The van der Waals surface area contributed by atoms with Gasteiger partial charge in [-0.05, 0) is 53.8 Å². The van der Waals surface area contributed by atoms with Gasteiger partial charge in [0.05, 0.1) is 0 Å². The van der Waals surface area contributed by atoms with Gasteiger partial charge in [-0.25, -0.2) is 0 Å². The first-order valence-corrected chi connectivity index (χ1v) is 6.72. The number of ketones is 1. The van der Waals surface area contributed by atoms with Crippen LogP contribution in [0, 0.1) is 6.92 Å². The zero-order valence-corrected chi connectivity index (χ0v) is 12.2. The number of aromatic nitrogens is 1. The number of Topliss-reactive ketones (excluding diaryl/α,β-unsaturated/α-hetero) is 1. The topological polar surface area (TPSA) is 25.2 Å². The van der Waals surface area contributed by atoms with E-state index in [2.05, 4.69) is 50.4 Å². The lowest BCUT2D eigenvalue weighted by Gasteiger charge is -2.34. The predicted octanol–water partition coefficient (Wildman–Crippen LogP) is 2.66. The lowest BCUT2D eigenvalue weighted by Crippen LogP contribution is -2.42. The van der Waals surface area contributed by atoms with Crippen LogP contribution in [0.25, 0.3) is 0 Å². The van der Waals surface area contributed by atoms with Crippen LogP contribution in [-0.2, 0) is 13.0 Å². The van der Waals surface area contributed by atoms with Crippen molar-refractivity contribution >= 4 is 5.78 Å². The van der Waals surface area contributed by atoms with Gasteiger partial charge in [-0.1, -0.05) is 0 Å². The fourth-order valence-corrected chi connectivity index (χ4v) is 2.54. The SMILES string of the molecule is Cc1cc2c(n1CC(C)(C)N(C)C)CCCC2=O. The summed E-state index contributed by atoms with van der Waals surface area (Å²) >= 11 is 0. The minimum atomic E-state index is 0.0953. The molecule has 3 heteroatoms. The molecule has 1 aliphatic carbocycles. The summed E-state index contributed by atoms with van der Waals surface area (Å²) in [6.07, 6.45) is 2.75. The second-order valence-corrected chi connectivity index (χ2v) is 6.22. The first-order valence-electron chi connectivity index (χ1n) is 6.72. The maximum Gasteiger partial charge on any atom is 0.164 e. The van der Waals surface area contributed by atoms with Crippen LogP contribution in [0.3, 0.4) is 0 Å². The number of nitrogens with zero attached hydrogens (tertiary/aromatic N) is 2. The van der Waals surface area contributed by atoms with Crippen molar-refractivity contribution in [3.05, 3.63) is 23.0 Å². The standard InChI is InChI=1S/C15H24N2O/c1-11-9-12-13(7-6-8-14(12)18)17(11)10-15(2,3)16(4)5/h9H,6-8,10H2,1-5H3. The van der Waals surface area contributed by atoms with E-state index in [1.54, 1.807) is 0 Å². The summed E-state index contributed by atoms with van der Waals surface area (Å²) in [4.78, 5) is 14.2. The van der Waals surface area contributed by atoms with E-state index in [4.69, 9.17) is 0 Å². The van der Waals surface area contributed by atoms with E-state index in [1.165, 1.54) is 11.4 Å². The maximum atomic E-state index is 11.9. The second-order valence-electron chi connectivity index (χ2n) is 6.22. The molecule has 100 valence electrons. The van der Waals surface area contributed by atoms with Gasteiger partial charge >= 0.3 is 0 Å². The Kier molecular flexibility index (Phi) is 3.37. The molecule has 0 aromatic carbocycles. The van der Waals surface area contributed by atoms with Crippen LogP contribution >= 0.6 is 0 Å². The molecule has 18 heavy (non-hydrogen) atoms. The molecule has 2 rings (SSSR count). The molecule has 0 spiro atoms. The van der Waals surface area contributed by atoms with Crippen molar-refractivity contribution in [3.63, 3.8) is 0 Å². The number of hydrogen-bond acceptors (Lipinski definition) is 2. The fourth-order valence-electron chi connectivity index (χ4n) is 2.54. The van der Waals surface area contributed by atoms with Crippen molar-refractivity contribution in [2.24, 2.45) is 0 Å². The lowest BCUT2D eigenvalue weighted by molar-refractivity contribution is 0.0970. The number of likely N-dealkylation sites (N-methyl/N-ethyl adjacent to an activating group) is 1. The van der Waals surface area contributed by atoms with Crippen LogP contribution in [0.15, 0.2) is 6.07 Å². The van der Waals surface area contributed by atoms with E-state index in [9.17, 15) is 4.79 Å². The highest BCUT2D eigenvalue weighted by molar-refractivity contribution is 5.98. The largest absolute Gasteiger partial charge is 0.346 e. The third-order valence-corrected chi connectivity index (χ3v) is 4.29. The van der Waals surface area contributed by atoms with Crippen molar-refractivity contribution in [1.29, 1.82) is 0 Å². The van der Waals surface area contributed by atoms with Crippen molar-refractivity contribution in [2.75, 3.05) is 14.1 Å². The normalized spacial score (nSPS) is 16.2. The van der Waals surface area contributed by atoms with Crippen molar-refractivity contribution < 1.29 is 4.79 Å². The molecular formula is C15H24N2O. The molecule has 1 aromatic heterocycles. The van der Waals surface area contributed by atoms with E-state index in [-0.39, 0.29) is 5.54 Å². The van der Waals surface area contributed by atoms with Gasteiger partial charge in [-0.3, -0.25) is 4.79 Å². The van der Waals surface area contributed by atoms with Crippen molar-refractivity contribution in [3.8, 4) is 0 Å². The Morgan fingerprint density at radius 3 is 2.61 bits per heavy atom. The molecule has 0 amide bonds. The third-order valence-electron chi connectivity index (χ3n) is 4.29. The number of carbonyl (C=O) groups is 1. The van der Waals surface area contributed by atoms with Gasteiger partial charge in [0.2, 0.25) is 0 Å². The molecule has 3 nitrogen and oxygen atoms in total. The summed E-state index contributed by atoms with van der Waals surface area (Å²) in [6, 6.07) is 2.07. The zero-order valence-electron chi connectivity index (χ0n) is 12.2. The van der Waals surface area contributed by atoms with E-state index < -0.39 is 0 Å². The Labute approximate surface area is 110 Å². The molecule has 1 heterocycles. The molecule has 0 saturated heterocycles. The van der Waals surface area contributed by atoms with Gasteiger partial charge in [0.25, 0.3) is 0 Å². The quantitative estimate of drug-likeness (QED) is 0.821. The summed E-state index contributed by atoms with van der Waals surface area (Å²) in [7, 11) is 4.22. The third kappa shape index (κ3) is 2.24. The van der Waals surface area contributed by atoms with Crippen LogP contribution in [-0.4, -0.2) is 34.9 Å². The predicted molar refractivity (Wildman–Crippen MR) is 74.2 cm³/mol. The molecular weight excluding hydrogens is 224 g/mol. The molecule has 0 saturated carbocycles. The highest BCUT2D eigenvalue weighted by Crippen LogP contribution is 2.27. The molecule has 1 aromatic rings. The van der Waals surface area contributed by atoms with Crippen LogP contribution < -0.4 is 0 Å². The highest BCUT2D eigenvalue weighted by Gasteiger charge is 2.27. The van der Waals surface area contributed by atoms with E-state index in [1.807, 2.05) is 0 Å². The first-order chi connectivity index (χ1) is 8.33. The van der Waals surface area contributed by atoms with Crippen LogP contribution in [0.5, 0.6) is 0 Å². The van der Waals surface area contributed by atoms with E-state index in [0.29, 0.717) is 12.2 Å². The summed E-state index contributed by atoms with van der Waals surface area (Å²) < 4.78 is 2.34. The first kappa shape index (κ1) is 13.3. The molecule has 0 fully saturated rings. The summed E-state index contributed by atoms with van der Waals surface area (Å²) in [6.45, 7) is 7.53. The summed E-state index contributed by atoms with van der Waals surface area (Å²) in [5.41, 5.74) is 3.52. The molecule has 0 unspecified atom stereocenters. The number of rotatable bonds is 3. The second kappa shape index (κ2) is 4.54. The Hall–Kier alpha value is -1.09. The monoisotopic (exact) mass is 248 g/mol. The average molecular weight is 248 g/mol. The fraction of sp³-hybridized carbons (Fsp3) is 0.667. The number of carbonyl (C=O) groups excluding carboxylic acids is 1. The Bertz CT molecular complexity index is 469. The number of aryl methyl sites for hydroxylation is 1. The number of hydrogen-bond donors (Lipinski definition) is 0. The summed E-state index contributed by atoms with van der Waals surface area (Å²) in [5.74, 6) is 0.320. The Balaban J connectivity index is 2.37. The smallest absolute Gasteiger partial charge is 0.164 e. The zero-order chi connectivity index (χ0) is 13.5. The minimum absolute atomic E-state index is 0.0953. The van der Waals surface area contributed by atoms with E-state index in [0.717, 1.165) is 24.9 Å². The van der Waals surface area contributed by atoms with Gasteiger partial charge in [-0.15, -0.1) is 0 Å². The summed E-state index contributed by atoms with van der Waals surface area (Å²) in [5, 5.41) is 0. The van der Waals surface area contributed by atoms with Crippen LogP contribution in [0.4, 0.5) is 0 Å². The number of fused-ring (bicyclic) bond motifs is 1. The average Bonchev–Trinajstić information content (AvgIpc) is 2.57. The van der Waals surface area contributed by atoms with Crippen molar-refractivity contribution in [2.45, 2.75) is 52.1 Å². The van der Waals surface area contributed by atoms with Crippen LogP contribution in [0.2, 0.25) is 0 Å². The van der Waals surface area contributed by atoms with Crippen LogP contribution in [0.1, 0.15) is 48.4 Å². The Morgan fingerprint density at radius 2 is 2.00 bits per heavy atom. The van der Waals surface area contributed by atoms with Gasteiger partial charge in [0.15, 0.2) is 5.78 Å². The molecule has 0 N–H and O–H groups in total. The van der Waals surface area contributed by atoms with Gasteiger partial charge in [0.1, 0.15) is 0 Å².